The van der Waals surface area contributed by atoms with Gasteiger partial charge in [0.15, 0.2) is 0 Å². The maximum Gasteiger partial charge on any atom is 0.306 e. The predicted octanol–water partition coefficient (Wildman–Crippen LogP) is 2.79. The number of aliphatic hydroxyl groups is 1. The third kappa shape index (κ3) is 2.77. The molecule has 2 N–H and O–H groups in total. The Labute approximate surface area is 124 Å². The number of carboxylic acid groups (broad SMARTS) is 1. The number of fused-ring (bicyclic) bond motifs is 1. The van der Waals surface area contributed by atoms with E-state index < -0.39 is 18.0 Å². The number of aryl methyl sites for hydroxylation is 1. The van der Waals surface area contributed by atoms with E-state index in [2.05, 4.69) is 6.92 Å². The Morgan fingerprint density at radius 2 is 2.19 bits per heavy atom. The molecule has 0 bridgehead atoms. The quantitative estimate of drug-likeness (QED) is 0.898. The Balaban J connectivity index is 1.84. The lowest BCUT2D eigenvalue weighted by atomic mass is 9.86. The summed E-state index contributed by atoms with van der Waals surface area (Å²) in [4.78, 5) is 11.4. The first-order valence-electron chi connectivity index (χ1n) is 7.72. The van der Waals surface area contributed by atoms with Crippen LogP contribution in [0.4, 0.5) is 0 Å². The summed E-state index contributed by atoms with van der Waals surface area (Å²) in [6.07, 6.45) is 2.67. The van der Waals surface area contributed by atoms with Crippen LogP contribution in [0.25, 0.3) is 0 Å². The second-order valence-corrected chi connectivity index (χ2v) is 6.45. The first-order chi connectivity index (χ1) is 10.1. The average molecular weight is 290 g/mol. The van der Waals surface area contributed by atoms with Crippen molar-refractivity contribution in [2.45, 2.75) is 38.7 Å². The van der Waals surface area contributed by atoms with Crippen molar-refractivity contribution in [1.82, 2.24) is 0 Å². The van der Waals surface area contributed by atoms with Crippen molar-refractivity contribution in [2.24, 2.45) is 17.8 Å². The van der Waals surface area contributed by atoms with E-state index in [9.17, 15) is 15.0 Å². The Morgan fingerprint density at radius 1 is 1.38 bits per heavy atom. The SMILES string of the molecule is CC1CC(C(=O)O)C(C(O)c2ccc3c(c2)CCCO3)C1. The van der Waals surface area contributed by atoms with Crippen LogP contribution in [0.3, 0.4) is 0 Å². The van der Waals surface area contributed by atoms with Gasteiger partial charge in [-0.15, -0.1) is 0 Å². The summed E-state index contributed by atoms with van der Waals surface area (Å²) in [5, 5.41) is 20.0. The van der Waals surface area contributed by atoms with Gasteiger partial charge in [-0.3, -0.25) is 4.79 Å². The van der Waals surface area contributed by atoms with Gasteiger partial charge in [-0.1, -0.05) is 13.0 Å². The van der Waals surface area contributed by atoms with Crippen LogP contribution in [-0.4, -0.2) is 22.8 Å². The van der Waals surface area contributed by atoms with E-state index in [0.717, 1.165) is 42.7 Å². The number of benzene rings is 1. The smallest absolute Gasteiger partial charge is 0.306 e. The lowest BCUT2D eigenvalue weighted by Crippen LogP contribution is -2.24. The number of hydrogen-bond donors (Lipinski definition) is 2. The molecule has 1 fully saturated rings. The molecule has 1 aliphatic heterocycles. The van der Waals surface area contributed by atoms with Crippen LogP contribution < -0.4 is 4.74 Å². The van der Waals surface area contributed by atoms with Crippen LogP contribution in [0, 0.1) is 17.8 Å². The normalized spacial score (nSPS) is 29.5. The number of aliphatic carboxylic acids is 1. The highest BCUT2D eigenvalue weighted by atomic mass is 16.5. The maximum absolute atomic E-state index is 11.4. The van der Waals surface area contributed by atoms with E-state index in [1.54, 1.807) is 0 Å². The van der Waals surface area contributed by atoms with Crippen LogP contribution in [-0.2, 0) is 11.2 Å². The topological polar surface area (TPSA) is 66.8 Å². The summed E-state index contributed by atoms with van der Waals surface area (Å²) in [6, 6.07) is 5.76. The van der Waals surface area contributed by atoms with E-state index >= 15 is 0 Å². The van der Waals surface area contributed by atoms with Crippen molar-refractivity contribution in [1.29, 1.82) is 0 Å². The minimum absolute atomic E-state index is 0.194. The van der Waals surface area contributed by atoms with E-state index in [-0.39, 0.29) is 5.92 Å². The number of hydrogen-bond acceptors (Lipinski definition) is 3. The fourth-order valence-electron chi connectivity index (χ4n) is 3.78. The van der Waals surface area contributed by atoms with Gasteiger partial charge in [0.2, 0.25) is 0 Å². The molecule has 0 radical (unpaired) electrons. The lowest BCUT2D eigenvalue weighted by molar-refractivity contribution is -0.144. The molecule has 4 atom stereocenters. The van der Waals surface area contributed by atoms with Crippen LogP contribution in [0.15, 0.2) is 18.2 Å². The van der Waals surface area contributed by atoms with E-state index in [4.69, 9.17) is 4.74 Å². The van der Waals surface area contributed by atoms with E-state index in [0.29, 0.717) is 12.3 Å². The molecule has 4 nitrogen and oxygen atoms in total. The number of carbonyl (C=O) groups is 1. The van der Waals surface area contributed by atoms with Gasteiger partial charge in [-0.2, -0.15) is 0 Å². The van der Waals surface area contributed by atoms with Gasteiger partial charge in [0, 0.05) is 5.92 Å². The molecular formula is C17H22O4. The molecule has 0 saturated heterocycles. The van der Waals surface area contributed by atoms with Gasteiger partial charge < -0.3 is 14.9 Å². The van der Waals surface area contributed by atoms with Crippen molar-refractivity contribution in [3.63, 3.8) is 0 Å². The molecule has 1 aliphatic carbocycles. The highest BCUT2D eigenvalue weighted by Crippen LogP contribution is 2.44. The van der Waals surface area contributed by atoms with Crippen LogP contribution in [0.2, 0.25) is 0 Å². The largest absolute Gasteiger partial charge is 0.493 e. The zero-order valence-corrected chi connectivity index (χ0v) is 12.3. The number of carboxylic acids is 1. The third-order valence-corrected chi connectivity index (χ3v) is 4.84. The van der Waals surface area contributed by atoms with Crippen LogP contribution in [0.1, 0.15) is 43.4 Å². The Bertz CT molecular complexity index is 540. The molecule has 3 rings (SSSR count). The minimum Gasteiger partial charge on any atom is -0.493 e. The molecule has 4 heteroatoms. The van der Waals surface area contributed by atoms with Crippen LogP contribution >= 0.6 is 0 Å². The summed E-state index contributed by atoms with van der Waals surface area (Å²) in [6.45, 7) is 2.81. The van der Waals surface area contributed by atoms with Gasteiger partial charge in [-0.05, 0) is 54.9 Å². The van der Waals surface area contributed by atoms with Gasteiger partial charge in [-0.25, -0.2) is 0 Å². The van der Waals surface area contributed by atoms with Gasteiger partial charge >= 0.3 is 5.97 Å². The van der Waals surface area contributed by atoms with Crippen molar-refractivity contribution in [3.05, 3.63) is 29.3 Å². The van der Waals surface area contributed by atoms with Gasteiger partial charge in [0.25, 0.3) is 0 Å². The molecule has 114 valence electrons. The Hall–Kier alpha value is -1.55. The second kappa shape index (κ2) is 5.68. The highest BCUT2D eigenvalue weighted by molar-refractivity contribution is 5.71. The summed E-state index contributed by atoms with van der Waals surface area (Å²) in [7, 11) is 0. The van der Waals surface area contributed by atoms with Crippen molar-refractivity contribution < 1.29 is 19.7 Å². The third-order valence-electron chi connectivity index (χ3n) is 4.84. The lowest BCUT2D eigenvalue weighted by Gasteiger charge is -2.24. The fourth-order valence-corrected chi connectivity index (χ4v) is 3.78. The molecule has 4 unspecified atom stereocenters. The van der Waals surface area contributed by atoms with Gasteiger partial charge in [0.05, 0.1) is 18.6 Å². The summed E-state index contributed by atoms with van der Waals surface area (Å²) in [5.41, 5.74) is 1.94. The minimum atomic E-state index is -0.787. The van der Waals surface area contributed by atoms with Crippen molar-refractivity contribution >= 4 is 5.97 Å². The predicted molar refractivity (Wildman–Crippen MR) is 78.2 cm³/mol. The average Bonchev–Trinajstić information content (AvgIpc) is 2.88. The number of aliphatic hydroxyl groups excluding tert-OH is 1. The molecule has 0 spiro atoms. The molecule has 0 aromatic heterocycles. The maximum atomic E-state index is 11.4. The molecule has 0 amide bonds. The first kappa shape index (κ1) is 14.4. The monoisotopic (exact) mass is 290 g/mol. The molecule has 21 heavy (non-hydrogen) atoms. The Kier molecular flexibility index (Phi) is 3.89. The molecule has 1 saturated carbocycles. The number of rotatable bonds is 3. The fraction of sp³-hybridized carbons (Fsp3) is 0.588. The summed E-state index contributed by atoms with van der Waals surface area (Å²) in [5.74, 6) is -0.175. The van der Waals surface area contributed by atoms with Crippen LogP contribution in [0.5, 0.6) is 5.75 Å². The van der Waals surface area contributed by atoms with Crippen molar-refractivity contribution in [3.8, 4) is 5.75 Å². The van der Waals surface area contributed by atoms with Crippen molar-refractivity contribution in [2.75, 3.05) is 6.61 Å². The highest BCUT2D eigenvalue weighted by Gasteiger charge is 2.41. The van der Waals surface area contributed by atoms with E-state index in [1.807, 2.05) is 18.2 Å². The van der Waals surface area contributed by atoms with Gasteiger partial charge in [0.1, 0.15) is 5.75 Å². The molecule has 1 heterocycles. The second-order valence-electron chi connectivity index (χ2n) is 6.45. The first-order valence-corrected chi connectivity index (χ1v) is 7.72. The molecular weight excluding hydrogens is 268 g/mol. The zero-order valence-electron chi connectivity index (χ0n) is 12.3. The summed E-state index contributed by atoms with van der Waals surface area (Å²) < 4.78 is 5.58. The standard InChI is InChI=1S/C17H22O4/c1-10-7-13(14(8-10)17(19)20)16(18)12-4-5-15-11(9-12)3-2-6-21-15/h4-5,9-10,13-14,16,18H,2-3,6-8H2,1H3,(H,19,20). The molecule has 2 aliphatic rings. The summed E-state index contributed by atoms with van der Waals surface area (Å²) >= 11 is 0. The molecule has 1 aromatic carbocycles. The van der Waals surface area contributed by atoms with E-state index in [1.165, 1.54) is 0 Å². The number of ether oxygens (including phenoxy) is 1. The molecule has 1 aromatic rings. The zero-order chi connectivity index (χ0) is 15.0. The Morgan fingerprint density at radius 3 is 2.95 bits per heavy atom.